The first-order chi connectivity index (χ1) is 11.0. The van der Waals surface area contributed by atoms with Crippen molar-refractivity contribution in [3.05, 3.63) is 0 Å². The van der Waals surface area contributed by atoms with Crippen LogP contribution in [0.5, 0.6) is 0 Å². The van der Waals surface area contributed by atoms with Crippen LogP contribution >= 0.6 is 0 Å². The van der Waals surface area contributed by atoms with Crippen LogP contribution in [0.4, 0.5) is 0 Å². The molecular weight excluding hydrogens is 294 g/mol. The number of hydrogen-bond acceptors (Lipinski definition) is 4. The first kappa shape index (κ1) is 16.7. The molecule has 0 bridgehead atoms. The largest absolute Gasteiger partial charge is 0.384 e. The summed E-state index contributed by atoms with van der Waals surface area (Å²) >= 11 is 0. The number of carbonyl (C=O) groups excluding carboxylic acids is 2. The zero-order valence-electron chi connectivity index (χ0n) is 14.4. The lowest BCUT2D eigenvalue weighted by molar-refractivity contribution is -0.157. The molecule has 2 aliphatic heterocycles. The highest BCUT2D eigenvalue weighted by molar-refractivity contribution is 5.84. The second-order valence-electron chi connectivity index (χ2n) is 7.54. The van der Waals surface area contributed by atoms with Crippen LogP contribution < -0.4 is 5.32 Å². The molecule has 1 saturated carbocycles. The summed E-state index contributed by atoms with van der Waals surface area (Å²) in [5.41, 5.74) is -0.351. The van der Waals surface area contributed by atoms with Crippen LogP contribution in [0.1, 0.15) is 38.5 Å². The van der Waals surface area contributed by atoms with Gasteiger partial charge in [0.25, 0.3) is 0 Å². The first-order valence-electron chi connectivity index (χ1n) is 8.78. The monoisotopic (exact) mass is 323 g/mol. The number of methoxy groups -OCH3 is 1. The molecule has 3 rings (SSSR count). The van der Waals surface area contributed by atoms with Gasteiger partial charge in [-0.1, -0.05) is 6.42 Å². The van der Waals surface area contributed by atoms with Crippen molar-refractivity contribution in [3.8, 4) is 0 Å². The van der Waals surface area contributed by atoms with Crippen LogP contribution in [0.2, 0.25) is 0 Å². The second kappa shape index (κ2) is 6.40. The van der Waals surface area contributed by atoms with E-state index in [2.05, 4.69) is 17.3 Å². The van der Waals surface area contributed by atoms with E-state index in [0.717, 1.165) is 51.7 Å². The Hall–Kier alpha value is -1.14. The fourth-order valence-corrected chi connectivity index (χ4v) is 4.41. The molecule has 0 unspecified atom stereocenters. The Labute approximate surface area is 138 Å². The van der Waals surface area contributed by atoms with Gasteiger partial charge in [-0.05, 0) is 32.7 Å². The number of amides is 2. The number of piperazine rings is 1. The average molecular weight is 323 g/mol. The van der Waals surface area contributed by atoms with E-state index in [1.807, 2.05) is 4.90 Å². The topological polar surface area (TPSA) is 61.9 Å². The summed E-state index contributed by atoms with van der Waals surface area (Å²) in [7, 11) is 3.81. The Bertz CT molecular complexity index is 478. The highest BCUT2D eigenvalue weighted by Crippen LogP contribution is 2.44. The third kappa shape index (κ3) is 2.98. The van der Waals surface area contributed by atoms with Crippen molar-refractivity contribution >= 4 is 11.8 Å². The summed E-state index contributed by atoms with van der Waals surface area (Å²) < 4.78 is 5.34. The Morgan fingerprint density at radius 2 is 2.04 bits per heavy atom. The normalized spacial score (nSPS) is 31.4. The van der Waals surface area contributed by atoms with E-state index in [-0.39, 0.29) is 22.8 Å². The number of ether oxygens (including phenoxy) is 1. The summed E-state index contributed by atoms with van der Waals surface area (Å²) in [5.74, 6) is 0.398. The predicted molar refractivity (Wildman–Crippen MR) is 87.0 cm³/mol. The van der Waals surface area contributed by atoms with E-state index in [9.17, 15) is 9.59 Å². The molecular formula is C17H29N3O3. The standard InChI is InChI=1S/C17H29N3O3/c1-19-10-11-20(15(22)16(13-23-2)5-3-6-16)12-17(19)7-4-14(21)18-9-8-17/h3-13H2,1-2H3,(H,18,21)/t17-/m1/s1. The number of carbonyl (C=O) groups is 2. The Balaban J connectivity index is 1.74. The van der Waals surface area contributed by atoms with Crippen molar-refractivity contribution < 1.29 is 14.3 Å². The van der Waals surface area contributed by atoms with E-state index < -0.39 is 0 Å². The molecule has 0 aromatic rings. The van der Waals surface area contributed by atoms with Crippen molar-refractivity contribution in [1.82, 2.24) is 15.1 Å². The lowest BCUT2D eigenvalue weighted by Crippen LogP contribution is -2.64. The molecule has 0 radical (unpaired) electrons. The summed E-state index contributed by atoms with van der Waals surface area (Å²) in [6.45, 7) is 3.63. The Morgan fingerprint density at radius 1 is 1.26 bits per heavy atom. The van der Waals surface area contributed by atoms with Gasteiger partial charge in [-0.2, -0.15) is 0 Å². The smallest absolute Gasteiger partial charge is 0.231 e. The number of hydrogen-bond donors (Lipinski definition) is 1. The summed E-state index contributed by atoms with van der Waals surface area (Å²) in [6.07, 6.45) is 5.30. The molecule has 2 amide bonds. The third-order valence-corrected chi connectivity index (χ3v) is 6.20. The van der Waals surface area contributed by atoms with Crippen molar-refractivity contribution in [2.24, 2.45) is 5.41 Å². The van der Waals surface area contributed by atoms with Gasteiger partial charge in [0.1, 0.15) is 0 Å². The number of nitrogens with zero attached hydrogens (tertiary/aromatic N) is 2. The van der Waals surface area contributed by atoms with Crippen molar-refractivity contribution in [2.75, 3.05) is 46.9 Å². The van der Waals surface area contributed by atoms with Crippen LogP contribution in [-0.4, -0.2) is 74.1 Å². The van der Waals surface area contributed by atoms with Crippen molar-refractivity contribution in [3.63, 3.8) is 0 Å². The summed E-state index contributed by atoms with van der Waals surface area (Å²) in [5, 5.41) is 2.96. The zero-order chi connectivity index (χ0) is 16.5. The second-order valence-corrected chi connectivity index (χ2v) is 7.54. The maximum Gasteiger partial charge on any atom is 0.231 e. The molecule has 3 aliphatic rings. The molecule has 1 N–H and O–H groups in total. The molecule has 0 aromatic heterocycles. The van der Waals surface area contributed by atoms with Gasteiger partial charge in [0.05, 0.1) is 12.0 Å². The van der Waals surface area contributed by atoms with Gasteiger partial charge in [0.15, 0.2) is 0 Å². The van der Waals surface area contributed by atoms with E-state index in [0.29, 0.717) is 19.6 Å². The number of nitrogens with one attached hydrogen (secondary N) is 1. The van der Waals surface area contributed by atoms with Crippen LogP contribution in [0.15, 0.2) is 0 Å². The number of rotatable bonds is 3. The Kier molecular flexibility index (Phi) is 4.65. The molecule has 130 valence electrons. The van der Waals surface area contributed by atoms with Gasteiger partial charge in [0, 0.05) is 45.2 Å². The maximum absolute atomic E-state index is 13.1. The highest BCUT2D eigenvalue weighted by atomic mass is 16.5. The molecule has 1 atom stereocenters. The fraction of sp³-hybridized carbons (Fsp3) is 0.882. The summed E-state index contributed by atoms with van der Waals surface area (Å²) in [4.78, 5) is 29.2. The molecule has 3 fully saturated rings. The molecule has 1 aliphatic carbocycles. The van der Waals surface area contributed by atoms with Crippen LogP contribution in [0.3, 0.4) is 0 Å². The fourth-order valence-electron chi connectivity index (χ4n) is 4.41. The minimum absolute atomic E-state index is 0.0644. The average Bonchev–Trinajstić information content (AvgIpc) is 2.68. The first-order valence-corrected chi connectivity index (χ1v) is 8.78. The van der Waals surface area contributed by atoms with Crippen LogP contribution in [-0.2, 0) is 14.3 Å². The number of likely N-dealkylation sites (N-methyl/N-ethyl adjacent to an activating group) is 1. The Morgan fingerprint density at radius 3 is 2.70 bits per heavy atom. The van der Waals surface area contributed by atoms with Crippen molar-refractivity contribution in [2.45, 2.75) is 44.1 Å². The van der Waals surface area contributed by atoms with Crippen LogP contribution in [0, 0.1) is 5.41 Å². The lowest BCUT2D eigenvalue weighted by atomic mass is 9.68. The zero-order valence-corrected chi connectivity index (χ0v) is 14.4. The molecule has 1 spiro atoms. The molecule has 6 nitrogen and oxygen atoms in total. The van der Waals surface area contributed by atoms with E-state index in [1.54, 1.807) is 7.11 Å². The molecule has 2 saturated heterocycles. The predicted octanol–water partition coefficient (Wildman–Crippen LogP) is 0.616. The third-order valence-electron chi connectivity index (χ3n) is 6.20. The molecule has 0 aromatic carbocycles. The van der Waals surface area contributed by atoms with E-state index in [1.165, 1.54) is 0 Å². The summed E-state index contributed by atoms with van der Waals surface area (Å²) in [6, 6.07) is 0. The highest BCUT2D eigenvalue weighted by Gasteiger charge is 2.50. The SMILES string of the molecule is COCC1(C(=O)N2CCN(C)[C@]3(CCNC(=O)CC3)C2)CCC1. The minimum atomic E-state index is -0.287. The van der Waals surface area contributed by atoms with Gasteiger partial charge >= 0.3 is 0 Å². The van der Waals surface area contributed by atoms with Gasteiger partial charge < -0.3 is 15.0 Å². The van der Waals surface area contributed by atoms with Gasteiger partial charge in [-0.25, -0.2) is 0 Å². The van der Waals surface area contributed by atoms with Gasteiger partial charge in [-0.3, -0.25) is 14.5 Å². The van der Waals surface area contributed by atoms with Gasteiger partial charge in [0.2, 0.25) is 11.8 Å². The van der Waals surface area contributed by atoms with E-state index >= 15 is 0 Å². The lowest BCUT2D eigenvalue weighted by Gasteiger charge is -2.52. The molecule has 23 heavy (non-hydrogen) atoms. The maximum atomic E-state index is 13.1. The molecule has 2 heterocycles. The quantitative estimate of drug-likeness (QED) is 0.827. The van der Waals surface area contributed by atoms with E-state index in [4.69, 9.17) is 4.74 Å². The van der Waals surface area contributed by atoms with Crippen molar-refractivity contribution in [1.29, 1.82) is 0 Å². The van der Waals surface area contributed by atoms with Gasteiger partial charge in [-0.15, -0.1) is 0 Å². The molecule has 6 heteroatoms. The minimum Gasteiger partial charge on any atom is -0.384 e. The van der Waals surface area contributed by atoms with Crippen LogP contribution in [0.25, 0.3) is 0 Å².